The zero-order valence-corrected chi connectivity index (χ0v) is 14.0. The third-order valence-corrected chi connectivity index (χ3v) is 3.26. The van der Waals surface area contributed by atoms with Gasteiger partial charge in [0.1, 0.15) is 11.6 Å². The van der Waals surface area contributed by atoms with Crippen molar-refractivity contribution in [3.05, 3.63) is 65.5 Å². The summed E-state index contributed by atoms with van der Waals surface area (Å²) in [5.74, 6) is -1.76. The molecule has 0 bridgehead atoms. The van der Waals surface area contributed by atoms with Crippen LogP contribution in [0.3, 0.4) is 0 Å². The van der Waals surface area contributed by atoms with E-state index in [1.165, 1.54) is 12.1 Å². The van der Waals surface area contributed by atoms with E-state index < -0.39 is 23.5 Å². The second-order valence-corrected chi connectivity index (χ2v) is 5.12. The number of nitrogens with one attached hydrogen (secondary N) is 3. The van der Waals surface area contributed by atoms with Gasteiger partial charge in [-0.3, -0.25) is 25.2 Å². The summed E-state index contributed by atoms with van der Waals surface area (Å²) in [4.78, 5) is 35.7. The van der Waals surface area contributed by atoms with E-state index in [1.54, 1.807) is 31.2 Å². The van der Waals surface area contributed by atoms with Crippen LogP contribution in [0.15, 0.2) is 48.5 Å². The molecule has 0 aromatic heterocycles. The lowest BCUT2D eigenvalue weighted by Gasteiger charge is -2.11. The van der Waals surface area contributed by atoms with Crippen molar-refractivity contribution in [3.8, 4) is 5.75 Å². The van der Waals surface area contributed by atoms with E-state index in [9.17, 15) is 18.8 Å². The van der Waals surface area contributed by atoms with E-state index in [1.807, 2.05) is 0 Å². The Morgan fingerprint density at radius 1 is 0.962 bits per heavy atom. The van der Waals surface area contributed by atoms with Crippen molar-refractivity contribution >= 4 is 17.7 Å². The number of benzene rings is 2. The molecule has 0 spiro atoms. The Labute approximate surface area is 149 Å². The van der Waals surface area contributed by atoms with Gasteiger partial charge in [0.15, 0.2) is 0 Å². The van der Waals surface area contributed by atoms with Gasteiger partial charge in [-0.2, -0.15) is 0 Å². The van der Waals surface area contributed by atoms with Gasteiger partial charge in [0.05, 0.1) is 18.7 Å². The van der Waals surface area contributed by atoms with Crippen molar-refractivity contribution in [1.82, 2.24) is 16.2 Å². The first kappa shape index (κ1) is 18.9. The van der Waals surface area contributed by atoms with Crippen molar-refractivity contribution in [2.75, 3.05) is 13.2 Å². The largest absolute Gasteiger partial charge is 0.493 e. The van der Waals surface area contributed by atoms with Gasteiger partial charge < -0.3 is 10.1 Å². The van der Waals surface area contributed by atoms with E-state index in [-0.39, 0.29) is 12.1 Å². The van der Waals surface area contributed by atoms with E-state index in [2.05, 4.69) is 16.2 Å². The Morgan fingerprint density at radius 3 is 2.35 bits per heavy atom. The molecular formula is C18H18FN3O4. The highest BCUT2D eigenvalue weighted by atomic mass is 19.1. The molecule has 8 heteroatoms. The maximum atomic E-state index is 12.8. The Kier molecular flexibility index (Phi) is 6.67. The van der Waals surface area contributed by atoms with Gasteiger partial charge in [-0.25, -0.2) is 4.39 Å². The number of halogens is 1. The van der Waals surface area contributed by atoms with Crippen LogP contribution < -0.4 is 20.9 Å². The SMILES string of the molecule is CCOc1ccccc1C(=O)NCC(=O)NNC(=O)c1ccc(F)cc1. The summed E-state index contributed by atoms with van der Waals surface area (Å²) < 4.78 is 18.2. The standard InChI is InChI=1S/C18H18FN3O4/c1-2-26-15-6-4-3-5-14(15)18(25)20-11-16(23)21-22-17(24)12-7-9-13(19)10-8-12/h3-10H,2,11H2,1H3,(H,20,25)(H,21,23)(H,22,24). The summed E-state index contributed by atoms with van der Waals surface area (Å²) in [6.07, 6.45) is 0. The van der Waals surface area contributed by atoms with Gasteiger partial charge in [0.2, 0.25) is 0 Å². The molecule has 0 radical (unpaired) electrons. The van der Waals surface area contributed by atoms with Crippen LogP contribution in [-0.2, 0) is 4.79 Å². The number of ether oxygens (including phenoxy) is 1. The van der Waals surface area contributed by atoms with Gasteiger partial charge in [-0.15, -0.1) is 0 Å². The molecular weight excluding hydrogens is 341 g/mol. The van der Waals surface area contributed by atoms with Crippen molar-refractivity contribution in [3.63, 3.8) is 0 Å². The van der Waals surface area contributed by atoms with Crippen LogP contribution in [0.1, 0.15) is 27.6 Å². The monoisotopic (exact) mass is 359 g/mol. The fraction of sp³-hybridized carbons (Fsp3) is 0.167. The normalized spacial score (nSPS) is 9.92. The third kappa shape index (κ3) is 5.30. The van der Waals surface area contributed by atoms with Crippen LogP contribution in [0.4, 0.5) is 4.39 Å². The average molecular weight is 359 g/mol. The molecule has 2 aromatic carbocycles. The topological polar surface area (TPSA) is 96.5 Å². The molecule has 136 valence electrons. The minimum absolute atomic E-state index is 0.182. The summed E-state index contributed by atoms with van der Waals surface area (Å²) >= 11 is 0. The van der Waals surface area contributed by atoms with Crippen molar-refractivity contribution in [1.29, 1.82) is 0 Å². The quantitative estimate of drug-likeness (QED) is 0.680. The van der Waals surface area contributed by atoms with Crippen LogP contribution in [0.2, 0.25) is 0 Å². The van der Waals surface area contributed by atoms with E-state index in [0.717, 1.165) is 12.1 Å². The molecule has 0 heterocycles. The molecule has 3 N–H and O–H groups in total. The van der Waals surface area contributed by atoms with E-state index >= 15 is 0 Å². The summed E-state index contributed by atoms with van der Waals surface area (Å²) in [5.41, 5.74) is 4.83. The lowest BCUT2D eigenvalue weighted by Crippen LogP contribution is -2.46. The second-order valence-electron chi connectivity index (χ2n) is 5.12. The number of rotatable bonds is 6. The highest BCUT2D eigenvalue weighted by Gasteiger charge is 2.13. The van der Waals surface area contributed by atoms with E-state index in [0.29, 0.717) is 17.9 Å². The Hall–Kier alpha value is -3.42. The maximum absolute atomic E-state index is 12.8. The third-order valence-electron chi connectivity index (χ3n) is 3.26. The Balaban J connectivity index is 1.82. The smallest absolute Gasteiger partial charge is 0.269 e. The first-order valence-electron chi connectivity index (χ1n) is 7.86. The van der Waals surface area contributed by atoms with Crippen LogP contribution in [-0.4, -0.2) is 30.9 Å². The number of amides is 3. The molecule has 0 atom stereocenters. The Morgan fingerprint density at radius 2 is 1.65 bits per heavy atom. The molecule has 0 aliphatic rings. The molecule has 0 unspecified atom stereocenters. The van der Waals surface area contributed by atoms with Crippen LogP contribution in [0.25, 0.3) is 0 Å². The maximum Gasteiger partial charge on any atom is 0.269 e. The van der Waals surface area contributed by atoms with Crippen molar-refractivity contribution in [2.45, 2.75) is 6.92 Å². The highest BCUT2D eigenvalue weighted by Crippen LogP contribution is 2.17. The fourth-order valence-electron chi connectivity index (χ4n) is 2.04. The number of carbonyl (C=O) groups excluding carboxylic acids is 3. The zero-order valence-electron chi connectivity index (χ0n) is 14.0. The highest BCUT2D eigenvalue weighted by molar-refractivity contribution is 5.99. The lowest BCUT2D eigenvalue weighted by atomic mass is 10.2. The molecule has 26 heavy (non-hydrogen) atoms. The van der Waals surface area contributed by atoms with Gasteiger partial charge in [-0.05, 0) is 43.3 Å². The van der Waals surface area contributed by atoms with Gasteiger partial charge in [0, 0.05) is 5.56 Å². The fourth-order valence-corrected chi connectivity index (χ4v) is 2.04. The number of hydrogen-bond donors (Lipinski definition) is 3. The van der Waals surface area contributed by atoms with Crippen LogP contribution in [0.5, 0.6) is 5.75 Å². The van der Waals surface area contributed by atoms with Gasteiger partial charge >= 0.3 is 0 Å². The Bertz CT molecular complexity index is 793. The van der Waals surface area contributed by atoms with Gasteiger partial charge in [-0.1, -0.05) is 12.1 Å². The lowest BCUT2D eigenvalue weighted by molar-refractivity contribution is -0.120. The molecule has 0 saturated carbocycles. The van der Waals surface area contributed by atoms with E-state index in [4.69, 9.17) is 4.74 Å². The summed E-state index contributed by atoms with van der Waals surface area (Å²) in [5, 5.41) is 2.44. The first-order chi connectivity index (χ1) is 12.5. The molecule has 3 amide bonds. The molecule has 0 saturated heterocycles. The van der Waals surface area contributed by atoms with Crippen molar-refractivity contribution in [2.24, 2.45) is 0 Å². The first-order valence-corrected chi connectivity index (χ1v) is 7.86. The molecule has 2 rings (SSSR count). The molecule has 0 aliphatic carbocycles. The molecule has 2 aromatic rings. The van der Waals surface area contributed by atoms with Crippen LogP contribution in [0, 0.1) is 5.82 Å². The summed E-state index contributed by atoms with van der Waals surface area (Å²) in [6, 6.07) is 11.5. The summed E-state index contributed by atoms with van der Waals surface area (Å²) in [7, 11) is 0. The number of para-hydroxylation sites is 1. The molecule has 0 aliphatic heterocycles. The van der Waals surface area contributed by atoms with Crippen LogP contribution >= 0.6 is 0 Å². The number of hydrazine groups is 1. The second kappa shape index (κ2) is 9.16. The predicted octanol–water partition coefficient (Wildman–Crippen LogP) is 1.42. The minimum atomic E-state index is -0.622. The van der Waals surface area contributed by atoms with Crippen molar-refractivity contribution < 1.29 is 23.5 Å². The average Bonchev–Trinajstić information content (AvgIpc) is 2.65. The zero-order chi connectivity index (χ0) is 18.9. The summed E-state index contributed by atoms with van der Waals surface area (Å²) in [6.45, 7) is 1.86. The molecule has 7 nitrogen and oxygen atoms in total. The predicted molar refractivity (Wildman–Crippen MR) is 92.0 cm³/mol. The number of carbonyl (C=O) groups is 3. The van der Waals surface area contributed by atoms with Gasteiger partial charge in [0.25, 0.3) is 17.7 Å². The minimum Gasteiger partial charge on any atom is -0.493 e. The molecule has 0 fully saturated rings. The number of hydrogen-bond acceptors (Lipinski definition) is 4.